The van der Waals surface area contributed by atoms with Gasteiger partial charge in [0.1, 0.15) is 11.4 Å². The summed E-state index contributed by atoms with van der Waals surface area (Å²) in [4.78, 5) is 31.6. The smallest absolute Gasteiger partial charge is 0.410 e. The van der Waals surface area contributed by atoms with Crippen molar-refractivity contribution >= 4 is 28.5 Å². The number of nitrogen functional groups attached to an aromatic ring is 1. The molecule has 7 nitrogen and oxygen atoms in total. The Morgan fingerprint density at radius 3 is 2.56 bits per heavy atom. The number of rotatable bonds is 3. The van der Waals surface area contributed by atoms with Gasteiger partial charge in [0.05, 0.1) is 23.1 Å². The Hall–Kier alpha value is -3.42. The van der Waals surface area contributed by atoms with Gasteiger partial charge in [0.2, 0.25) is 0 Å². The molecule has 1 amide bonds. The molecule has 0 bridgehead atoms. The van der Waals surface area contributed by atoms with Crippen LogP contribution in [0.25, 0.3) is 16.6 Å². The number of pyridine rings is 1. The molecule has 0 spiro atoms. The lowest BCUT2D eigenvalue weighted by molar-refractivity contribution is 0.0182. The Bertz CT molecular complexity index is 1170. The van der Waals surface area contributed by atoms with E-state index in [9.17, 15) is 14.0 Å². The minimum atomic E-state index is -0.554. The molecule has 0 saturated carbocycles. The lowest BCUT2D eigenvalue weighted by Gasteiger charge is -2.32. The van der Waals surface area contributed by atoms with Crippen LogP contribution in [-0.4, -0.2) is 45.0 Å². The van der Waals surface area contributed by atoms with E-state index in [2.05, 4.69) is 4.98 Å². The predicted octanol–water partition coefficient (Wildman–Crippen LogP) is 4.58. The molecule has 1 aliphatic rings. The fourth-order valence-corrected chi connectivity index (χ4v) is 4.09. The molecule has 1 saturated heterocycles. The fraction of sp³-hybridized carbons (Fsp3) is 0.375. The van der Waals surface area contributed by atoms with Gasteiger partial charge in [-0.3, -0.25) is 9.78 Å². The van der Waals surface area contributed by atoms with Crippen LogP contribution in [0.2, 0.25) is 0 Å². The summed E-state index contributed by atoms with van der Waals surface area (Å²) in [5.41, 5.74) is 7.64. The molecule has 1 fully saturated rings. The first-order valence-electron chi connectivity index (χ1n) is 10.7. The molecule has 3 aromatic rings. The highest BCUT2D eigenvalue weighted by atomic mass is 19.1. The summed E-state index contributed by atoms with van der Waals surface area (Å²) in [7, 11) is 0. The zero-order chi connectivity index (χ0) is 23.0. The summed E-state index contributed by atoms with van der Waals surface area (Å²) in [5.74, 6) is -0.607. The molecular formula is C24H27FN4O3. The molecular weight excluding hydrogens is 411 g/mol. The highest BCUT2D eigenvalue weighted by Gasteiger charge is 2.31. The summed E-state index contributed by atoms with van der Waals surface area (Å²) in [6.45, 7) is 6.44. The van der Waals surface area contributed by atoms with Crippen molar-refractivity contribution in [2.45, 2.75) is 39.2 Å². The number of anilines is 1. The van der Waals surface area contributed by atoms with E-state index < -0.39 is 11.4 Å². The van der Waals surface area contributed by atoms with Crippen LogP contribution in [0, 0.1) is 11.7 Å². The Morgan fingerprint density at radius 2 is 1.91 bits per heavy atom. The molecule has 0 aliphatic carbocycles. The molecule has 3 heterocycles. The molecule has 0 unspecified atom stereocenters. The van der Waals surface area contributed by atoms with E-state index in [0.717, 1.165) is 10.9 Å². The van der Waals surface area contributed by atoms with Crippen molar-refractivity contribution in [3.8, 4) is 5.69 Å². The number of carbonyl (C=O) groups excluding carboxylic acids is 2. The lowest BCUT2D eigenvalue weighted by Crippen LogP contribution is -2.43. The average molecular weight is 439 g/mol. The zero-order valence-electron chi connectivity index (χ0n) is 18.5. The highest BCUT2D eigenvalue weighted by Crippen LogP contribution is 2.31. The van der Waals surface area contributed by atoms with Gasteiger partial charge in [-0.05, 0) is 57.9 Å². The molecule has 0 radical (unpaired) electrons. The third-order valence-electron chi connectivity index (χ3n) is 5.64. The van der Waals surface area contributed by atoms with Crippen molar-refractivity contribution in [3.63, 3.8) is 0 Å². The summed E-state index contributed by atoms with van der Waals surface area (Å²) in [6, 6.07) is 5.98. The zero-order valence-corrected chi connectivity index (χ0v) is 18.5. The molecule has 1 aliphatic heterocycles. The van der Waals surface area contributed by atoms with Gasteiger partial charge in [0, 0.05) is 42.4 Å². The fourth-order valence-electron chi connectivity index (χ4n) is 4.09. The molecule has 2 aromatic heterocycles. The van der Waals surface area contributed by atoms with E-state index in [1.807, 2.05) is 20.8 Å². The number of likely N-dealkylation sites (tertiary alicyclic amines) is 1. The average Bonchev–Trinajstić information content (AvgIpc) is 3.12. The van der Waals surface area contributed by atoms with Gasteiger partial charge in [-0.25, -0.2) is 9.18 Å². The van der Waals surface area contributed by atoms with Crippen LogP contribution >= 0.6 is 0 Å². The quantitative estimate of drug-likeness (QED) is 0.478. The van der Waals surface area contributed by atoms with E-state index in [0.29, 0.717) is 37.2 Å². The third-order valence-corrected chi connectivity index (χ3v) is 5.64. The molecule has 2 N–H and O–H groups in total. The molecule has 8 heteroatoms. The summed E-state index contributed by atoms with van der Waals surface area (Å²) in [5, 5.41) is 0.767. The number of hydrogen-bond acceptors (Lipinski definition) is 5. The normalized spacial score (nSPS) is 15.2. The van der Waals surface area contributed by atoms with Gasteiger partial charge in [-0.1, -0.05) is 0 Å². The summed E-state index contributed by atoms with van der Waals surface area (Å²) < 4.78 is 20.8. The second-order valence-corrected chi connectivity index (χ2v) is 9.11. The van der Waals surface area contributed by atoms with Gasteiger partial charge >= 0.3 is 6.09 Å². The van der Waals surface area contributed by atoms with E-state index >= 15 is 0 Å². The van der Waals surface area contributed by atoms with Crippen molar-refractivity contribution in [2.75, 3.05) is 18.8 Å². The third kappa shape index (κ3) is 4.30. The number of carbonyl (C=O) groups is 2. The number of hydrogen-bond donors (Lipinski definition) is 1. The molecule has 0 atom stereocenters. The number of nitrogens with two attached hydrogens (primary N) is 1. The number of fused-ring (bicyclic) bond motifs is 1. The van der Waals surface area contributed by atoms with E-state index in [-0.39, 0.29) is 23.5 Å². The number of nitrogens with zero attached hydrogens (tertiary/aromatic N) is 3. The largest absolute Gasteiger partial charge is 0.444 e. The van der Waals surface area contributed by atoms with E-state index in [4.69, 9.17) is 10.5 Å². The number of Topliss-reactive ketones (excluding diaryl/α,β-unsaturated/α-hetero) is 1. The van der Waals surface area contributed by atoms with Gasteiger partial charge < -0.3 is 19.9 Å². The van der Waals surface area contributed by atoms with Gasteiger partial charge in [0.25, 0.3) is 0 Å². The van der Waals surface area contributed by atoms with Crippen LogP contribution < -0.4 is 5.73 Å². The van der Waals surface area contributed by atoms with Crippen molar-refractivity contribution in [3.05, 3.63) is 54.2 Å². The first kappa shape index (κ1) is 21.8. The van der Waals surface area contributed by atoms with Crippen LogP contribution in [0.3, 0.4) is 0 Å². The topological polar surface area (TPSA) is 90.5 Å². The number of halogens is 1. The van der Waals surface area contributed by atoms with E-state index in [1.54, 1.807) is 40.2 Å². The van der Waals surface area contributed by atoms with Crippen LogP contribution in [-0.2, 0) is 4.74 Å². The minimum absolute atomic E-state index is 0.0180. The van der Waals surface area contributed by atoms with E-state index in [1.165, 1.54) is 12.1 Å². The van der Waals surface area contributed by atoms with Crippen LogP contribution in [0.5, 0.6) is 0 Å². The number of ketones is 1. The number of ether oxygens (including phenoxy) is 1. The highest BCUT2D eigenvalue weighted by molar-refractivity contribution is 6.09. The number of piperidine rings is 1. The Kier molecular flexibility index (Phi) is 5.62. The maximum Gasteiger partial charge on any atom is 0.410 e. The molecule has 32 heavy (non-hydrogen) atoms. The summed E-state index contributed by atoms with van der Waals surface area (Å²) >= 11 is 0. The maximum absolute atomic E-state index is 13.5. The first-order chi connectivity index (χ1) is 15.1. The van der Waals surface area contributed by atoms with Crippen LogP contribution in [0.1, 0.15) is 44.0 Å². The Balaban J connectivity index is 1.58. The maximum atomic E-state index is 13.5. The van der Waals surface area contributed by atoms with Gasteiger partial charge in [-0.15, -0.1) is 0 Å². The molecule has 168 valence electrons. The second kappa shape index (κ2) is 8.26. The van der Waals surface area contributed by atoms with Crippen molar-refractivity contribution in [1.82, 2.24) is 14.5 Å². The molecule has 1 aromatic carbocycles. The second-order valence-electron chi connectivity index (χ2n) is 9.11. The van der Waals surface area contributed by atoms with Crippen molar-refractivity contribution in [2.24, 2.45) is 5.92 Å². The monoisotopic (exact) mass is 438 g/mol. The number of benzene rings is 1. The number of aromatic nitrogens is 2. The first-order valence-corrected chi connectivity index (χ1v) is 10.7. The summed E-state index contributed by atoms with van der Waals surface area (Å²) in [6.07, 6.45) is 5.84. The Morgan fingerprint density at radius 1 is 1.19 bits per heavy atom. The van der Waals surface area contributed by atoms with Crippen molar-refractivity contribution in [1.29, 1.82) is 0 Å². The number of amides is 1. The van der Waals surface area contributed by atoms with Gasteiger partial charge in [-0.2, -0.15) is 0 Å². The van der Waals surface area contributed by atoms with Crippen molar-refractivity contribution < 1.29 is 18.7 Å². The van der Waals surface area contributed by atoms with Crippen LogP contribution in [0.15, 0.2) is 42.9 Å². The predicted molar refractivity (Wildman–Crippen MR) is 120 cm³/mol. The minimum Gasteiger partial charge on any atom is -0.444 e. The van der Waals surface area contributed by atoms with Crippen LogP contribution in [0.4, 0.5) is 14.9 Å². The molecule has 4 rings (SSSR count). The SMILES string of the molecule is CC(C)(C)OC(=O)N1CCC(C(=O)c2cn(-c3ccc(F)cc3N)c3cnccc23)CC1. The standard InChI is InChI=1S/C24H27FN4O3/c1-24(2,3)32-23(31)28-10-7-15(8-11-28)22(30)18-14-29(21-13-27-9-6-17(18)21)20-5-4-16(25)12-19(20)26/h4-6,9,12-15H,7-8,10-11,26H2,1-3H3. The van der Waals surface area contributed by atoms with Gasteiger partial charge in [0.15, 0.2) is 5.78 Å². The Labute approximate surface area is 186 Å². The lowest BCUT2D eigenvalue weighted by atomic mass is 9.89.